The minimum Gasteiger partial charge on any atom is -0.454 e. The molecule has 2 aromatic carbocycles. The molecule has 1 aliphatic rings. The second-order valence-corrected chi connectivity index (χ2v) is 9.00. The minimum atomic E-state index is 0.274. The maximum atomic E-state index is 5.96. The molecule has 6 nitrogen and oxygen atoms in total. The van der Waals surface area contributed by atoms with Crippen molar-refractivity contribution in [3.05, 3.63) is 69.9 Å². The Bertz CT molecular complexity index is 1190. The van der Waals surface area contributed by atoms with Crippen molar-refractivity contribution in [2.45, 2.75) is 17.3 Å². The summed E-state index contributed by atoms with van der Waals surface area (Å²) in [4.78, 5) is 4.76. The van der Waals surface area contributed by atoms with Crippen LogP contribution in [0.15, 0.2) is 53.0 Å². The SMILES string of the molecule is Cn1c(Cc2ccc(Cl)cc2)nnc1SCc1csc(-c2ccc3c(c2)OCO3)n1. The van der Waals surface area contributed by atoms with E-state index in [1.165, 1.54) is 0 Å². The zero-order valence-corrected chi connectivity index (χ0v) is 18.4. The topological polar surface area (TPSA) is 62.1 Å². The van der Waals surface area contributed by atoms with Gasteiger partial charge in [-0.05, 0) is 35.9 Å². The van der Waals surface area contributed by atoms with Crippen LogP contribution in [0.2, 0.25) is 5.02 Å². The van der Waals surface area contributed by atoms with Crippen molar-refractivity contribution in [1.82, 2.24) is 19.7 Å². The molecule has 0 saturated heterocycles. The van der Waals surface area contributed by atoms with E-state index < -0.39 is 0 Å². The summed E-state index contributed by atoms with van der Waals surface area (Å²) in [6.45, 7) is 0.274. The molecule has 152 valence electrons. The van der Waals surface area contributed by atoms with Crippen LogP contribution in [0, 0.1) is 0 Å². The number of rotatable bonds is 6. The van der Waals surface area contributed by atoms with Crippen LogP contribution in [-0.4, -0.2) is 26.5 Å². The third kappa shape index (κ3) is 4.03. The molecule has 0 saturated carbocycles. The van der Waals surface area contributed by atoms with Crippen molar-refractivity contribution in [3.8, 4) is 22.1 Å². The van der Waals surface area contributed by atoms with Gasteiger partial charge >= 0.3 is 0 Å². The van der Waals surface area contributed by atoms with Crippen LogP contribution in [0.1, 0.15) is 17.1 Å². The summed E-state index contributed by atoms with van der Waals surface area (Å²) in [6, 6.07) is 13.7. The van der Waals surface area contributed by atoms with E-state index in [1.54, 1.807) is 23.1 Å². The predicted molar refractivity (Wildman–Crippen MR) is 118 cm³/mol. The van der Waals surface area contributed by atoms with E-state index in [9.17, 15) is 0 Å². The molecule has 0 radical (unpaired) electrons. The first-order valence-electron chi connectivity index (χ1n) is 9.25. The molecule has 9 heteroatoms. The Balaban J connectivity index is 1.25. The van der Waals surface area contributed by atoms with Crippen LogP contribution < -0.4 is 9.47 Å². The van der Waals surface area contributed by atoms with E-state index in [0.717, 1.165) is 55.1 Å². The number of thiazole rings is 1. The van der Waals surface area contributed by atoms with E-state index in [1.807, 2.05) is 54.1 Å². The number of hydrogen-bond acceptors (Lipinski definition) is 7. The van der Waals surface area contributed by atoms with E-state index in [-0.39, 0.29) is 6.79 Å². The lowest BCUT2D eigenvalue weighted by atomic mass is 10.1. The molecule has 4 aromatic rings. The quantitative estimate of drug-likeness (QED) is 0.371. The fraction of sp³-hybridized carbons (Fsp3) is 0.190. The summed E-state index contributed by atoms with van der Waals surface area (Å²) in [7, 11) is 1.99. The fourth-order valence-corrected chi connectivity index (χ4v) is 4.95. The van der Waals surface area contributed by atoms with Crippen LogP contribution in [-0.2, 0) is 19.2 Å². The Hall–Kier alpha value is -2.55. The molecule has 0 N–H and O–H groups in total. The number of hydrogen-bond donors (Lipinski definition) is 0. The zero-order valence-electron chi connectivity index (χ0n) is 16.0. The molecule has 5 rings (SSSR count). The second-order valence-electron chi connectivity index (χ2n) is 6.76. The van der Waals surface area contributed by atoms with Crippen LogP contribution in [0.25, 0.3) is 10.6 Å². The monoisotopic (exact) mass is 456 g/mol. The van der Waals surface area contributed by atoms with Crippen molar-refractivity contribution in [3.63, 3.8) is 0 Å². The lowest BCUT2D eigenvalue weighted by molar-refractivity contribution is 0.174. The van der Waals surface area contributed by atoms with Gasteiger partial charge in [0.05, 0.1) is 5.69 Å². The molecule has 0 spiro atoms. The van der Waals surface area contributed by atoms with Crippen molar-refractivity contribution >= 4 is 34.7 Å². The van der Waals surface area contributed by atoms with Gasteiger partial charge in [-0.2, -0.15) is 0 Å². The first-order chi connectivity index (χ1) is 14.7. The molecular weight excluding hydrogens is 440 g/mol. The summed E-state index contributed by atoms with van der Waals surface area (Å²) >= 11 is 9.21. The van der Waals surface area contributed by atoms with E-state index in [4.69, 9.17) is 26.1 Å². The van der Waals surface area contributed by atoms with E-state index in [2.05, 4.69) is 15.6 Å². The molecular formula is C21H17ClN4O2S2. The Kier molecular flexibility index (Phi) is 5.37. The first kappa shape index (κ1) is 19.4. The highest BCUT2D eigenvalue weighted by molar-refractivity contribution is 7.98. The molecule has 0 bridgehead atoms. The van der Waals surface area contributed by atoms with Crippen LogP contribution in [0.4, 0.5) is 0 Å². The largest absolute Gasteiger partial charge is 0.454 e. The van der Waals surface area contributed by atoms with E-state index in [0.29, 0.717) is 6.42 Å². The molecule has 0 unspecified atom stereocenters. The molecule has 0 amide bonds. The zero-order chi connectivity index (χ0) is 20.5. The Labute approximate surface area is 186 Å². The summed E-state index contributed by atoms with van der Waals surface area (Å²) in [5.41, 5.74) is 3.20. The summed E-state index contributed by atoms with van der Waals surface area (Å²) in [5.74, 6) is 3.20. The number of benzene rings is 2. The average Bonchev–Trinajstić information content (AvgIpc) is 3.49. The van der Waals surface area contributed by atoms with Gasteiger partial charge in [0.15, 0.2) is 16.7 Å². The Morgan fingerprint density at radius 1 is 1.10 bits per heavy atom. The molecule has 0 aliphatic carbocycles. The molecule has 3 heterocycles. The Morgan fingerprint density at radius 2 is 1.93 bits per heavy atom. The second kappa shape index (κ2) is 8.29. The van der Waals surface area contributed by atoms with Gasteiger partial charge in [0, 0.05) is 35.2 Å². The van der Waals surface area contributed by atoms with Crippen molar-refractivity contribution in [2.24, 2.45) is 7.05 Å². The van der Waals surface area contributed by atoms with Crippen molar-refractivity contribution in [1.29, 1.82) is 0 Å². The maximum Gasteiger partial charge on any atom is 0.231 e. The van der Waals surface area contributed by atoms with Gasteiger partial charge in [-0.3, -0.25) is 0 Å². The number of halogens is 1. The Morgan fingerprint density at radius 3 is 2.80 bits per heavy atom. The van der Waals surface area contributed by atoms with Gasteiger partial charge in [-0.25, -0.2) is 4.98 Å². The van der Waals surface area contributed by atoms with Crippen LogP contribution in [0.3, 0.4) is 0 Å². The number of nitrogens with zero attached hydrogens (tertiary/aromatic N) is 4. The summed E-state index contributed by atoms with van der Waals surface area (Å²) < 4.78 is 12.9. The van der Waals surface area contributed by atoms with Gasteiger partial charge in [0.1, 0.15) is 10.8 Å². The molecule has 30 heavy (non-hydrogen) atoms. The van der Waals surface area contributed by atoms with Gasteiger partial charge in [-0.1, -0.05) is 35.5 Å². The van der Waals surface area contributed by atoms with Gasteiger partial charge in [0.2, 0.25) is 6.79 Å². The summed E-state index contributed by atoms with van der Waals surface area (Å²) in [6.07, 6.45) is 0.714. The normalized spacial score (nSPS) is 12.5. The standard InChI is InChI=1S/C21H17ClN4O2S2/c1-26-19(8-13-2-5-15(22)6-3-13)24-25-21(26)30-11-16-10-29-20(23-16)14-4-7-17-18(9-14)28-12-27-17/h2-7,9-10H,8,11-12H2,1H3. The van der Waals surface area contributed by atoms with Crippen molar-refractivity contribution < 1.29 is 9.47 Å². The number of aromatic nitrogens is 4. The highest BCUT2D eigenvalue weighted by atomic mass is 35.5. The van der Waals surface area contributed by atoms with Crippen LogP contribution in [0.5, 0.6) is 11.5 Å². The number of thioether (sulfide) groups is 1. The molecule has 1 aliphatic heterocycles. The van der Waals surface area contributed by atoms with E-state index >= 15 is 0 Å². The van der Waals surface area contributed by atoms with Crippen molar-refractivity contribution in [2.75, 3.05) is 6.79 Å². The molecule has 2 aromatic heterocycles. The summed E-state index contributed by atoms with van der Waals surface area (Å²) in [5, 5.41) is 13.3. The smallest absolute Gasteiger partial charge is 0.231 e. The average molecular weight is 457 g/mol. The predicted octanol–water partition coefficient (Wildman–Crippen LogP) is 5.20. The maximum absolute atomic E-state index is 5.96. The lowest BCUT2D eigenvalue weighted by Crippen LogP contribution is -2.00. The molecule has 0 atom stereocenters. The minimum absolute atomic E-state index is 0.274. The first-order valence-corrected chi connectivity index (χ1v) is 11.5. The van der Waals surface area contributed by atoms with Gasteiger partial charge in [0.25, 0.3) is 0 Å². The third-order valence-corrected chi connectivity index (χ3v) is 6.97. The van der Waals surface area contributed by atoms with Gasteiger partial charge in [-0.15, -0.1) is 21.5 Å². The highest BCUT2D eigenvalue weighted by Gasteiger charge is 2.16. The lowest BCUT2D eigenvalue weighted by Gasteiger charge is -2.04. The number of fused-ring (bicyclic) bond motifs is 1. The highest BCUT2D eigenvalue weighted by Crippen LogP contribution is 2.37. The molecule has 0 fully saturated rings. The third-order valence-electron chi connectivity index (χ3n) is 4.72. The number of ether oxygens (including phenoxy) is 2. The fourth-order valence-electron chi connectivity index (χ4n) is 3.08. The van der Waals surface area contributed by atoms with Gasteiger partial charge < -0.3 is 14.0 Å². The van der Waals surface area contributed by atoms with Crippen LogP contribution >= 0.6 is 34.7 Å².